The van der Waals surface area contributed by atoms with E-state index in [1.54, 1.807) is 6.07 Å². The third-order valence-corrected chi connectivity index (χ3v) is 5.46. The Hall–Kier alpha value is -0.430. The quantitative estimate of drug-likeness (QED) is 0.812. The molecule has 0 aliphatic heterocycles. The lowest BCUT2D eigenvalue weighted by Crippen LogP contribution is -2.36. The largest absolute Gasteiger partial charge is 0.327 e. The molecule has 0 amide bonds. The van der Waals surface area contributed by atoms with Gasteiger partial charge in [-0.1, -0.05) is 13.8 Å². The van der Waals surface area contributed by atoms with Crippen molar-refractivity contribution >= 4 is 21.4 Å². The molecule has 0 bridgehead atoms. The summed E-state index contributed by atoms with van der Waals surface area (Å²) in [7, 11) is -3.37. The first kappa shape index (κ1) is 13.6. The summed E-state index contributed by atoms with van der Waals surface area (Å²) in [5.74, 6) is 0. The van der Waals surface area contributed by atoms with Crippen LogP contribution in [0.1, 0.15) is 25.1 Å². The Morgan fingerprint density at radius 1 is 1.44 bits per heavy atom. The number of sulfonamides is 1. The van der Waals surface area contributed by atoms with Crippen LogP contribution in [0, 0.1) is 0 Å². The first-order valence-electron chi connectivity index (χ1n) is 5.33. The van der Waals surface area contributed by atoms with E-state index >= 15 is 0 Å². The van der Waals surface area contributed by atoms with Crippen LogP contribution in [-0.2, 0) is 16.4 Å². The average molecular weight is 262 g/mol. The van der Waals surface area contributed by atoms with E-state index in [9.17, 15) is 8.42 Å². The van der Waals surface area contributed by atoms with E-state index in [1.165, 1.54) is 11.3 Å². The van der Waals surface area contributed by atoms with Crippen LogP contribution in [0.5, 0.6) is 0 Å². The predicted molar refractivity (Wildman–Crippen MR) is 67.2 cm³/mol. The van der Waals surface area contributed by atoms with Gasteiger partial charge in [-0.15, -0.1) is 11.3 Å². The molecular formula is C10H18N2O2S2. The zero-order valence-corrected chi connectivity index (χ0v) is 11.2. The molecule has 3 N–H and O–H groups in total. The van der Waals surface area contributed by atoms with Gasteiger partial charge in [0.25, 0.3) is 0 Å². The minimum atomic E-state index is -3.37. The number of aryl methyl sites for hydroxylation is 1. The van der Waals surface area contributed by atoms with Gasteiger partial charge < -0.3 is 5.73 Å². The molecule has 0 fully saturated rings. The van der Waals surface area contributed by atoms with E-state index in [4.69, 9.17) is 5.73 Å². The Morgan fingerprint density at radius 2 is 2.12 bits per heavy atom. The zero-order valence-electron chi connectivity index (χ0n) is 9.56. The maximum absolute atomic E-state index is 11.8. The van der Waals surface area contributed by atoms with Gasteiger partial charge in [0, 0.05) is 17.5 Å². The smallest absolute Gasteiger partial charge is 0.250 e. The molecule has 0 aliphatic carbocycles. The van der Waals surface area contributed by atoms with Crippen LogP contribution in [-0.4, -0.2) is 21.0 Å². The highest BCUT2D eigenvalue weighted by molar-refractivity contribution is 7.91. The Balaban J connectivity index is 2.70. The van der Waals surface area contributed by atoms with E-state index in [0.29, 0.717) is 4.21 Å². The SMILES string of the molecule is CCc1ccc(S(=O)(=O)NCC(N)CC)s1. The standard InChI is InChI=1S/C10H18N2O2S2/c1-3-8(11)7-12-16(13,14)10-6-5-9(4-2)15-10/h5-6,8,12H,3-4,7,11H2,1-2H3. The van der Waals surface area contributed by atoms with Crippen molar-refractivity contribution in [3.05, 3.63) is 17.0 Å². The monoisotopic (exact) mass is 262 g/mol. The fraction of sp³-hybridized carbons (Fsp3) is 0.600. The summed E-state index contributed by atoms with van der Waals surface area (Å²) >= 11 is 1.31. The second kappa shape index (κ2) is 5.77. The topological polar surface area (TPSA) is 72.2 Å². The van der Waals surface area contributed by atoms with Crippen LogP contribution < -0.4 is 10.5 Å². The van der Waals surface area contributed by atoms with Crippen molar-refractivity contribution in [3.63, 3.8) is 0 Å². The summed E-state index contributed by atoms with van der Waals surface area (Å²) < 4.78 is 26.5. The van der Waals surface area contributed by atoms with Crippen molar-refractivity contribution in [2.24, 2.45) is 5.73 Å². The van der Waals surface area contributed by atoms with Crippen LogP contribution in [0.15, 0.2) is 16.3 Å². The fourth-order valence-corrected chi connectivity index (χ4v) is 3.56. The molecule has 0 saturated heterocycles. The number of hydrogen-bond acceptors (Lipinski definition) is 4. The van der Waals surface area contributed by atoms with Crippen LogP contribution in [0.25, 0.3) is 0 Å². The summed E-state index contributed by atoms with van der Waals surface area (Å²) in [6, 6.07) is 3.36. The van der Waals surface area contributed by atoms with Gasteiger partial charge in [-0.05, 0) is 25.0 Å². The number of nitrogens with one attached hydrogen (secondary N) is 1. The molecule has 92 valence electrons. The van der Waals surface area contributed by atoms with Gasteiger partial charge in [-0.25, -0.2) is 13.1 Å². The Bertz CT molecular complexity index is 426. The zero-order chi connectivity index (χ0) is 12.2. The highest BCUT2D eigenvalue weighted by Gasteiger charge is 2.16. The predicted octanol–water partition coefficient (Wildman–Crippen LogP) is 1.33. The highest BCUT2D eigenvalue weighted by Crippen LogP contribution is 2.21. The van der Waals surface area contributed by atoms with E-state index in [1.807, 2.05) is 19.9 Å². The summed E-state index contributed by atoms with van der Waals surface area (Å²) in [4.78, 5) is 1.07. The molecule has 1 aromatic rings. The Morgan fingerprint density at radius 3 is 2.62 bits per heavy atom. The maximum Gasteiger partial charge on any atom is 0.250 e. The van der Waals surface area contributed by atoms with E-state index in [-0.39, 0.29) is 12.6 Å². The van der Waals surface area contributed by atoms with Crippen LogP contribution in [0.2, 0.25) is 0 Å². The fourth-order valence-electron chi connectivity index (χ4n) is 1.12. The molecule has 0 saturated carbocycles. The molecule has 0 aromatic carbocycles. The lowest BCUT2D eigenvalue weighted by molar-refractivity contribution is 0.566. The van der Waals surface area contributed by atoms with Crippen LogP contribution >= 0.6 is 11.3 Å². The normalized spacial score (nSPS) is 13.9. The lowest BCUT2D eigenvalue weighted by atomic mass is 10.2. The van der Waals surface area contributed by atoms with Crippen molar-refractivity contribution in [1.82, 2.24) is 4.72 Å². The minimum Gasteiger partial charge on any atom is -0.327 e. The Labute approximate surface area is 101 Å². The van der Waals surface area contributed by atoms with Crippen molar-refractivity contribution in [2.45, 2.75) is 36.9 Å². The molecule has 1 rings (SSSR count). The van der Waals surface area contributed by atoms with Gasteiger partial charge >= 0.3 is 0 Å². The van der Waals surface area contributed by atoms with Crippen LogP contribution in [0.4, 0.5) is 0 Å². The number of hydrogen-bond donors (Lipinski definition) is 2. The first-order valence-corrected chi connectivity index (χ1v) is 7.63. The summed E-state index contributed by atoms with van der Waals surface area (Å²) in [5.41, 5.74) is 5.67. The first-order chi connectivity index (χ1) is 7.49. The van der Waals surface area contributed by atoms with Crippen molar-refractivity contribution < 1.29 is 8.42 Å². The maximum atomic E-state index is 11.8. The van der Waals surface area contributed by atoms with Crippen molar-refractivity contribution in [3.8, 4) is 0 Å². The summed E-state index contributed by atoms with van der Waals surface area (Å²) in [6.07, 6.45) is 1.61. The minimum absolute atomic E-state index is 0.125. The van der Waals surface area contributed by atoms with Crippen molar-refractivity contribution in [2.75, 3.05) is 6.54 Å². The second-order valence-electron chi connectivity index (χ2n) is 3.59. The third kappa shape index (κ3) is 3.55. The van der Waals surface area contributed by atoms with Crippen molar-refractivity contribution in [1.29, 1.82) is 0 Å². The summed E-state index contributed by atoms with van der Waals surface area (Å²) in [5, 5.41) is 0. The molecule has 1 atom stereocenters. The van der Waals surface area contributed by atoms with E-state index in [0.717, 1.165) is 17.7 Å². The number of rotatable bonds is 6. The molecule has 0 aliphatic rings. The van der Waals surface area contributed by atoms with Gasteiger partial charge in [-0.3, -0.25) is 0 Å². The second-order valence-corrected chi connectivity index (χ2v) is 6.76. The molecule has 6 heteroatoms. The molecule has 1 heterocycles. The van der Waals surface area contributed by atoms with Gasteiger partial charge in [0.05, 0.1) is 0 Å². The van der Waals surface area contributed by atoms with Gasteiger partial charge in [0.2, 0.25) is 10.0 Å². The molecule has 16 heavy (non-hydrogen) atoms. The van der Waals surface area contributed by atoms with E-state index < -0.39 is 10.0 Å². The molecule has 1 aromatic heterocycles. The third-order valence-electron chi connectivity index (χ3n) is 2.31. The number of thiophene rings is 1. The molecule has 4 nitrogen and oxygen atoms in total. The molecular weight excluding hydrogens is 244 g/mol. The Kier molecular flexibility index (Phi) is 4.91. The van der Waals surface area contributed by atoms with Gasteiger partial charge in [0.1, 0.15) is 4.21 Å². The van der Waals surface area contributed by atoms with Gasteiger partial charge in [-0.2, -0.15) is 0 Å². The lowest BCUT2D eigenvalue weighted by Gasteiger charge is -2.09. The molecule has 0 spiro atoms. The van der Waals surface area contributed by atoms with E-state index in [2.05, 4.69) is 4.72 Å². The average Bonchev–Trinajstić information content (AvgIpc) is 2.75. The highest BCUT2D eigenvalue weighted by atomic mass is 32.2. The number of nitrogens with two attached hydrogens (primary N) is 1. The summed E-state index contributed by atoms with van der Waals surface area (Å²) in [6.45, 7) is 4.22. The van der Waals surface area contributed by atoms with Gasteiger partial charge in [0.15, 0.2) is 0 Å². The molecule has 1 unspecified atom stereocenters. The van der Waals surface area contributed by atoms with Crippen LogP contribution in [0.3, 0.4) is 0 Å². The molecule has 0 radical (unpaired) electrons.